The summed E-state index contributed by atoms with van der Waals surface area (Å²) in [6.07, 6.45) is 1.04. The van der Waals surface area contributed by atoms with Crippen molar-refractivity contribution in [3.63, 3.8) is 0 Å². The van der Waals surface area contributed by atoms with E-state index in [1.54, 1.807) is 4.57 Å². The van der Waals surface area contributed by atoms with Crippen LogP contribution in [0.1, 0.15) is 0 Å². The lowest BCUT2D eigenvalue weighted by molar-refractivity contribution is 0.0413. The van der Waals surface area contributed by atoms with E-state index in [1.807, 2.05) is 0 Å². The van der Waals surface area contributed by atoms with Crippen molar-refractivity contribution in [1.29, 1.82) is 0 Å². The van der Waals surface area contributed by atoms with Gasteiger partial charge in [0.1, 0.15) is 18.2 Å². The summed E-state index contributed by atoms with van der Waals surface area (Å²) in [6.45, 7) is -0.112. The molecule has 0 fully saturated rings. The summed E-state index contributed by atoms with van der Waals surface area (Å²) in [6, 6.07) is 0. The van der Waals surface area contributed by atoms with Gasteiger partial charge in [-0.15, -0.1) is 0 Å². The van der Waals surface area contributed by atoms with E-state index >= 15 is 0 Å². The normalized spacial score (nSPS) is 13.8. The first-order valence-electron chi connectivity index (χ1n) is 5.58. The minimum atomic E-state index is -4.23. The highest BCUT2D eigenvalue weighted by atomic mass is 31.2. The highest BCUT2D eigenvalue weighted by Gasteiger charge is 2.16. The molecule has 110 valence electrons. The number of fused-ring (bicyclic) bond motifs is 1. The first kappa shape index (κ1) is 14.8. The second-order valence-electron chi connectivity index (χ2n) is 4.15. The van der Waals surface area contributed by atoms with Crippen molar-refractivity contribution in [1.82, 2.24) is 19.5 Å². The number of rotatable bonds is 6. The Morgan fingerprint density at radius 3 is 2.85 bits per heavy atom. The summed E-state index contributed by atoms with van der Waals surface area (Å²) in [5.41, 5.74) is 6.52. The maximum absolute atomic E-state index is 10.6. The van der Waals surface area contributed by atoms with Gasteiger partial charge in [0.2, 0.25) is 0 Å². The van der Waals surface area contributed by atoms with Crippen molar-refractivity contribution in [3.05, 3.63) is 12.7 Å². The summed E-state index contributed by atoms with van der Waals surface area (Å²) in [7, 11) is -4.23. The van der Waals surface area contributed by atoms with E-state index in [1.165, 1.54) is 12.7 Å². The number of nitrogens with zero attached hydrogens (tertiary/aromatic N) is 4. The zero-order valence-electron chi connectivity index (χ0n) is 10.3. The number of ether oxygens (including phenoxy) is 1. The number of hydrogen-bond donors (Lipinski definition) is 4. The molecule has 0 spiro atoms. The minimum Gasteiger partial charge on any atom is -0.389 e. The molecule has 0 aliphatic carbocycles. The van der Waals surface area contributed by atoms with Crippen LogP contribution in [0, 0.1) is 0 Å². The molecule has 10 nitrogen and oxygen atoms in total. The van der Waals surface area contributed by atoms with E-state index < -0.39 is 20.0 Å². The number of nitrogen functional groups attached to an aromatic ring is 1. The molecular weight excluding hydrogens is 289 g/mol. The van der Waals surface area contributed by atoms with Crippen molar-refractivity contribution in [2.45, 2.75) is 12.6 Å². The Labute approximate surface area is 113 Å². The molecule has 0 radical (unpaired) electrons. The zero-order chi connectivity index (χ0) is 14.8. The maximum atomic E-state index is 10.6. The Bertz CT molecular complexity index is 641. The van der Waals surface area contributed by atoms with Gasteiger partial charge in [-0.2, -0.15) is 0 Å². The molecular formula is C9H14N5O5P. The number of aromatic nitrogens is 4. The van der Waals surface area contributed by atoms with Crippen LogP contribution in [-0.4, -0.2) is 53.5 Å². The fourth-order valence-corrected chi connectivity index (χ4v) is 1.96. The molecule has 20 heavy (non-hydrogen) atoms. The van der Waals surface area contributed by atoms with Crippen LogP contribution in [-0.2, 0) is 15.8 Å². The summed E-state index contributed by atoms with van der Waals surface area (Å²) < 4.78 is 16.9. The topological polar surface area (TPSA) is 157 Å². The van der Waals surface area contributed by atoms with Crippen molar-refractivity contribution in [3.8, 4) is 0 Å². The molecule has 2 aromatic heterocycles. The van der Waals surface area contributed by atoms with Gasteiger partial charge < -0.3 is 29.9 Å². The monoisotopic (exact) mass is 303 g/mol. The van der Waals surface area contributed by atoms with Crippen molar-refractivity contribution in [2.75, 3.05) is 18.7 Å². The predicted octanol–water partition coefficient (Wildman–Crippen LogP) is -1.08. The van der Waals surface area contributed by atoms with Gasteiger partial charge in [-0.25, -0.2) is 15.0 Å². The third-order valence-corrected chi connectivity index (χ3v) is 2.93. The van der Waals surface area contributed by atoms with Crippen LogP contribution in [0.5, 0.6) is 0 Å². The Kier molecular flexibility index (Phi) is 4.31. The Balaban J connectivity index is 1.98. The van der Waals surface area contributed by atoms with Crippen LogP contribution in [0.25, 0.3) is 11.2 Å². The second-order valence-corrected chi connectivity index (χ2v) is 5.73. The predicted molar refractivity (Wildman–Crippen MR) is 68.6 cm³/mol. The number of imidazole rings is 1. The highest BCUT2D eigenvalue weighted by molar-refractivity contribution is 7.51. The van der Waals surface area contributed by atoms with Gasteiger partial charge in [-0.05, 0) is 0 Å². The van der Waals surface area contributed by atoms with Gasteiger partial charge in [0.25, 0.3) is 0 Å². The number of aliphatic hydroxyl groups is 1. The molecule has 0 aromatic carbocycles. The van der Waals surface area contributed by atoms with Crippen LogP contribution in [0.4, 0.5) is 5.82 Å². The van der Waals surface area contributed by atoms with Gasteiger partial charge in [-0.3, -0.25) is 4.57 Å². The lowest BCUT2D eigenvalue weighted by Gasteiger charge is -2.12. The average Bonchev–Trinajstić information content (AvgIpc) is 2.72. The Hall–Kier alpha value is -1.58. The van der Waals surface area contributed by atoms with Crippen LogP contribution >= 0.6 is 7.60 Å². The van der Waals surface area contributed by atoms with Crippen LogP contribution < -0.4 is 5.73 Å². The molecule has 0 aliphatic heterocycles. The lowest BCUT2D eigenvalue weighted by atomic mass is 10.4. The Morgan fingerprint density at radius 2 is 2.15 bits per heavy atom. The molecule has 2 aromatic rings. The fourth-order valence-electron chi connectivity index (χ4n) is 1.62. The molecule has 0 amide bonds. The smallest absolute Gasteiger partial charge is 0.350 e. The largest absolute Gasteiger partial charge is 0.389 e. The molecule has 0 saturated heterocycles. The fraction of sp³-hybridized carbons (Fsp3) is 0.444. The van der Waals surface area contributed by atoms with Gasteiger partial charge in [-0.1, -0.05) is 0 Å². The SMILES string of the molecule is Nc1ncnc2c1ncn2C[C@H](O)COCP(=O)(O)O. The molecule has 0 unspecified atom stereocenters. The van der Waals surface area contributed by atoms with E-state index in [-0.39, 0.29) is 19.0 Å². The minimum absolute atomic E-state index is 0.105. The molecule has 0 saturated carbocycles. The molecule has 1 atom stereocenters. The highest BCUT2D eigenvalue weighted by Crippen LogP contribution is 2.33. The van der Waals surface area contributed by atoms with Crippen LogP contribution in [0.3, 0.4) is 0 Å². The summed E-state index contributed by atoms with van der Waals surface area (Å²) in [4.78, 5) is 29.1. The first-order chi connectivity index (χ1) is 9.37. The Morgan fingerprint density at radius 1 is 1.40 bits per heavy atom. The molecule has 5 N–H and O–H groups in total. The zero-order valence-corrected chi connectivity index (χ0v) is 11.2. The summed E-state index contributed by atoms with van der Waals surface area (Å²) in [5.74, 6) is 0.237. The van der Waals surface area contributed by atoms with Gasteiger partial charge in [0, 0.05) is 0 Å². The van der Waals surface area contributed by atoms with E-state index in [2.05, 4.69) is 15.0 Å². The van der Waals surface area contributed by atoms with E-state index in [4.69, 9.17) is 20.3 Å². The standard InChI is InChI=1S/C9H14N5O5P/c10-8-7-9(12-3-11-8)14(4-13-7)1-6(15)2-19-5-20(16,17)18/h3-4,6,15H,1-2,5H2,(H2,10,11,12)(H2,16,17,18)/t6-/m0/s1. The van der Waals surface area contributed by atoms with Gasteiger partial charge >= 0.3 is 7.60 Å². The third-order valence-electron chi connectivity index (χ3n) is 2.41. The van der Waals surface area contributed by atoms with Crippen molar-refractivity contribution >= 4 is 24.6 Å². The number of anilines is 1. The van der Waals surface area contributed by atoms with Crippen LogP contribution in [0.2, 0.25) is 0 Å². The van der Waals surface area contributed by atoms with Gasteiger partial charge in [0.05, 0.1) is 25.6 Å². The number of aliphatic hydroxyl groups excluding tert-OH is 1. The van der Waals surface area contributed by atoms with E-state index in [0.717, 1.165) is 0 Å². The van der Waals surface area contributed by atoms with E-state index in [0.29, 0.717) is 11.2 Å². The van der Waals surface area contributed by atoms with E-state index in [9.17, 15) is 9.67 Å². The average molecular weight is 303 g/mol. The third kappa shape index (κ3) is 3.71. The maximum Gasteiger partial charge on any atom is 0.350 e. The number of nitrogens with two attached hydrogens (primary N) is 1. The number of hydrogen-bond acceptors (Lipinski definition) is 7. The van der Waals surface area contributed by atoms with Crippen molar-refractivity contribution in [2.24, 2.45) is 0 Å². The molecule has 0 bridgehead atoms. The molecule has 2 heterocycles. The van der Waals surface area contributed by atoms with Gasteiger partial charge in [0.15, 0.2) is 11.5 Å². The molecule has 2 rings (SSSR count). The second kappa shape index (κ2) is 5.81. The van der Waals surface area contributed by atoms with Crippen LogP contribution in [0.15, 0.2) is 12.7 Å². The summed E-state index contributed by atoms with van der Waals surface area (Å²) in [5, 5.41) is 9.75. The molecule has 11 heteroatoms. The first-order valence-corrected chi connectivity index (χ1v) is 7.38. The summed E-state index contributed by atoms with van der Waals surface area (Å²) >= 11 is 0. The lowest BCUT2D eigenvalue weighted by Crippen LogP contribution is -2.22. The quantitative estimate of drug-likeness (QED) is 0.487. The van der Waals surface area contributed by atoms with Crippen molar-refractivity contribution < 1.29 is 24.2 Å². The molecule has 0 aliphatic rings.